The Morgan fingerprint density at radius 2 is 2.43 bits per heavy atom. The summed E-state index contributed by atoms with van der Waals surface area (Å²) in [4.78, 5) is 14.2. The van der Waals surface area contributed by atoms with Crippen LogP contribution in [0.3, 0.4) is 0 Å². The molecule has 0 aliphatic carbocycles. The number of H-pyrrole nitrogens is 1. The molecule has 0 aliphatic rings. The second-order valence-electron chi connectivity index (χ2n) is 2.53. The zero-order chi connectivity index (χ0) is 9.68. The average Bonchev–Trinajstić information content (AvgIpc) is 2.15. The van der Waals surface area contributed by atoms with Crippen molar-refractivity contribution < 1.29 is 4.79 Å². The van der Waals surface area contributed by atoms with Crippen LogP contribution in [0, 0.1) is 11.1 Å². The van der Waals surface area contributed by atoms with E-state index in [-0.39, 0.29) is 5.91 Å². The van der Waals surface area contributed by atoms with Crippen LogP contribution in [0.15, 0.2) is 18.3 Å². The van der Waals surface area contributed by atoms with E-state index in [1.54, 1.807) is 18.3 Å². The van der Waals surface area contributed by atoms with Crippen LogP contribution in [-0.4, -0.2) is 17.4 Å². The van der Waals surface area contributed by atoms with E-state index >= 15 is 0 Å². The molecule has 2 N–H and O–H groups in total. The second kappa shape index (κ2) is 5.48. The molecule has 0 unspecified atom stereocenters. The van der Waals surface area contributed by atoms with Gasteiger partial charge in [-0.25, -0.2) is 0 Å². The van der Waals surface area contributed by atoms with Gasteiger partial charge in [0.2, 0.25) is 0 Å². The third-order valence-electron chi connectivity index (χ3n) is 1.53. The number of aromatic amines is 1. The zero-order valence-electron chi connectivity index (χ0n) is 7.69. The number of hydrogen-bond acceptors (Lipinski definition) is 2. The Bertz CT molecular complexity index is 351. The maximum atomic E-state index is 11.4. The fourth-order valence-electron chi connectivity index (χ4n) is 0.890. The van der Waals surface area contributed by atoms with Crippen molar-refractivity contribution in [3.05, 3.63) is 35.0 Å². The summed E-state index contributed by atoms with van der Waals surface area (Å²) in [5.74, 6) is -0.139. The number of rotatable bonds is 3. The van der Waals surface area contributed by atoms with Crippen LogP contribution in [0.2, 0.25) is 0 Å². The minimum absolute atomic E-state index is 0. The van der Waals surface area contributed by atoms with Gasteiger partial charge >= 0.3 is 0 Å². The summed E-state index contributed by atoms with van der Waals surface area (Å²) in [6, 6.07) is 3.45. The van der Waals surface area contributed by atoms with Gasteiger partial charge in [0.25, 0.3) is 5.91 Å². The van der Waals surface area contributed by atoms with E-state index in [2.05, 4.69) is 10.3 Å². The third kappa shape index (κ3) is 2.71. The number of carbonyl (C=O) groups excluding carboxylic acids is 1. The monoisotopic (exact) mass is 438 g/mol. The van der Waals surface area contributed by atoms with Crippen molar-refractivity contribution in [2.75, 3.05) is 6.54 Å². The number of pyridine rings is 1. The summed E-state index contributed by atoms with van der Waals surface area (Å²) >= 11 is 4.95. The van der Waals surface area contributed by atoms with Crippen molar-refractivity contribution in [2.24, 2.45) is 0 Å². The number of aromatic nitrogens is 1. The Morgan fingerprint density at radius 1 is 1.71 bits per heavy atom. The molecular weight excluding hydrogens is 431 g/mol. The number of carbonyl (C=O) groups is 1. The van der Waals surface area contributed by atoms with Crippen LogP contribution in [-0.2, 0) is 0 Å². The summed E-state index contributed by atoms with van der Waals surface area (Å²) < 4.78 is 0.469. The Morgan fingerprint density at radius 3 is 3.00 bits per heavy atom. The molecule has 0 saturated heterocycles. The topological polar surface area (TPSA) is 44.9 Å². The predicted molar refractivity (Wildman–Crippen MR) is 53.9 cm³/mol. The Kier molecular flexibility index (Phi) is 4.63. The first-order chi connectivity index (χ1) is 6.25. The van der Waals surface area contributed by atoms with Gasteiger partial charge in [-0.15, -0.1) is 6.54 Å². The van der Waals surface area contributed by atoms with Gasteiger partial charge in [-0.3, -0.25) is 4.79 Å². The van der Waals surface area contributed by atoms with Crippen molar-refractivity contribution in [1.29, 1.82) is 0 Å². The van der Waals surface area contributed by atoms with Crippen LogP contribution in [0.25, 0.3) is 0 Å². The summed E-state index contributed by atoms with van der Waals surface area (Å²) in [5.41, 5.74) is 0.513. The van der Waals surface area contributed by atoms with Gasteiger partial charge in [0.1, 0.15) is 4.64 Å². The molecule has 0 radical (unpaired) electrons. The van der Waals surface area contributed by atoms with Gasteiger partial charge in [0.15, 0.2) is 0 Å². The Hall–Kier alpha value is -2.16. The normalized spacial score (nSPS) is 8.93. The molecule has 1 rings (SSSR count). The molecule has 0 fully saturated rings. The molecule has 5 heteroatoms. The van der Waals surface area contributed by atoms with Gasteiger partial charge in [-0.2, -0.15) is 6.92 Å². The number of amides is 1. The Labute approximate surface area is 82.2 Å². The molecule has 0 bridgehead atoms. The van der Waals surface area contributed by atoms with Crippen molar-refractivity contribution in [3.8, 4) is 0 Å². The van der Waals surface area contributed by atoms with Crippen LogP contribution in [0.4, 0.5) is 0 Å². The Balaban J connectivity index is 0.00000169. The van der Waals surface area contributed by atoms with Gasteiger partial charge in [-0.05, 0) is 12.1 Å². The molecule has 3 nitrogen and oxygen atoms in total. The van der Waals surface area contributed by atoms with E-state index in [4.69, 9.17) is 12.2 Å². The zero-order valence-corrected chi connectivity index (χ0v) is 11.4. The van der Waals surface area contributed by atoms with Crippen LogP contribution >= 0.6 is 12.2 Å². The second-order valence-corrected chi connectivity index (χ2v) is 2.94. The molecule has 0 spiro atoms. The maximum Gasteiger partial charge on any atom is 0.251 e. The summed E-state index contributed by atoms with van der Waals surface area (Å²) in [6.45, 7) is 2.44. The molecule has 0 aromatic carbocycles. The summed E-state index contributed by atoms with van der Waals surface area (Å²) in [7, 11) is 0. The van der Waals surface area contributed by atoms with Gasteiger partial charge in [0, 0.05) is 6.20 Å². The maximum absolute atomic E-state index is 11.4. The quantitative estimate of drug-likeness (QED) is 0.553. The van der Waals surface area contributed by atoms with E-state index in [0.29, 0.717) is 16.7 Å². The standard InChI is InChI=1S/C9H11N2OS.Cm/c1-2-5-10-8(12)7-4-3-6-11-9(7)13;/h2-4,6H,5H2,1H3,(H,10,12)(H,11,13);/q-1;. The smallest absolute Gasteiger partial charge is 0.251 e. The summed E-state index contributed by atoms with van der Waals surface area (Å²) in [5, 5.41) is 2.71. The SMILES string of the molecule is C[CH-]CNC(=O)c1ccc[nH]c1=S.[Cm]. The first kappa shape index (κ1) is 11.8. The number of hydrogen-bond donors (Lipinski definition) is 2. The van der Waals surface area contributed by atoms with Crippen molar-refractivity contribution in [2.45, 2.75) is 6.92 Å². The van der Waals surface area contributed by atoms with Crippen molar-refractivity contribution in [1.82, 2.24) is 10.3 Å². The van der Waals surface area contributed by atoms with Crippen LogP contribution in [0.1, 0.15) is 17.3 Å². The molecule has 1 amide bonds. The fourth-order valence-corrected chi connectivity index (χ4v) is 1.12. The minimum Gasteiger partial charge on any atom is -0.382 e. The molecule has 78 valence electrons. The molecule has 1 heterocycles. The largest absolute Gasteiger partial charge is 0.382 e. The molecule has 0 saturated carbocycles. The fraction of sp³-hybridized carbons (Fsp3) is 0.222. The van der Waals surface area contributed by atoms with Crippen molar-refractivity contribution in [3.63, 3.8) is 0 Å². The van der Waals surface area contributed by atoms with Crippen molar-refractivity contribution >= 4 is 18.1 Å². The minimum atomic E-state index is -0.139. The van der Waals surface area contributed by atoms with E-state index in [1.165, 1.54) is 0 Å². The molecule has 14 heavy (non-hydrogen) atoms. The van der Waals surface area contributed by atoms with Gasteiger partial charge in [0.05, 0.1) is 5.56 Å². The van der Waals surface area contributed by atoms with E-state index in [1.807, 2.05) is 13.3 Å². The molecule has 1 aromatic rings. The molecule has 0 atom stereocenters. The van der Waals surface area contributed by atoms with E-state index < -0.39 is 0 Å². The summed E-state index contributed by atoms with van der Waals surface area (Å²) in [6.07, 6.45) is 3.57. The van der Waals surface area contributed by atoms with Crippen LogP contribution in [0.5, 0.6) is 0 Å². The third-order valence-corrected chi connectivity index (χ3v) is 1.87. The molecule has 0 aliphatic heterocycles. The first-order valence-electron chi connectivity index (χ1n) is 3.99. The van der Waals surface area contributed by atoms with Crippen LogP contribution < -0.4 is 5.32 Å². The first-order valence-corrected chi connectivity index (χ1v) is 4.40. The average molecular weight is 442 g/mol. The molecular formula is C9H11CmN2OS-. The van der Waals surface area contributed by atoms with Gasteiger partial charge in [-0.1, -0.05) is 12.2 Å². The van der Waals surface area contributed by atoms with E-state index in [0.717, 1.165) is 0 Å². The van der Waals surface area contributed by atoms with E-state index in [9.17, 15) is 4.79 Å². The number of nitrogens with one attached hydrogen (secondary N) is 2. The van der Waals surface area contributed by atoms with Gasteiger partial charge < -0.3 is 16.7 Å². The molecule has 1 aromatic heterocycles. The predicted octanol–water partition coefficient (Wildman–Crippen LogP) is 1.70.